The predicted octanol–water partition coefficient (Wildman–Crippen LogP) is 3.35. The van der Waals surface area contributed by atoms with Crippen molar-refractivity contribution in [3.05, 3.63) is 59.7 Å². The van der Waals surface area contributed by atoms with Crippen LogP contribution in [0.1, 0.15) is 29.3 Å². The third kappa shape index (κ3) is 4.88. The third-order valence-corrected chi connectivity index (χ3v) is 5.07. The van der Waals surface area contributed by atoms with Crippen LogP contribution in [0, 0.1) is 6.92 Å². The first-order chi connectivity index (χ1) is 13.0. The van der Waals surface area contributed by atoms with Gasteiger partial charge in [-0.1, -0.05) is 18.2 Å². The highest BCUT2D eigenvalue weighted by atomic mass is 16.2. The van der Waals surface area contributed by atoms with Crippen LogP contribution in [-0.4, -0.2) is 49.3 Å². The number of nitrogens with zero attached hydrogens (tertiary/aromatic N) is 2. The quantitative estimate of drug-likeness (QED) is 0.798. The van der Waals surface area contributed by atoms with Crippen molar-refractivity contribution in [2.24, 2.45) is 0 Å². The van der Waals surface area contributed by atoms with Crippen LogP contribution in [0.4, 0.5) is 11.4 Å². The summed E-state index contributed by atoms with van der Waals surface area (Å²) >= 11 is 0. The van der Waals surface area contributed by atoms with Crippen molar-refractivity contribution < 1.29 is 9.59 Å². The molecule has 0 spiro atoms. The molecular formula is C22H27N3O2. The summed E-state index contributed by atoms with van der Waals surface area (Å²) < 4.78 is 0. The first-order valence-electron chi connectivity index (χ1n) is 9.48. The molecule has 0 atom stereocenters. The highest BCUT2D eigenvalue weighted by Gasteiger charge is 2.21. The topological polar surface area (TPSA) is 52.7 Å². The van der Waals surface area contributed by atoms with E-state index < -0.39 is 0 Å². The summed E-state index contributed by atoms with van der Waals surface area (Å²) in [5, 5.41) is 3.35. The average molecular weight is 365 g/mol. The zero-order valence-electron chi connectivity index (χ0n) is 16.1. The van der Waals surface area contributed by atoms with Gasteiger partial charge in [-0.2, -0.15) is 0 Å². The van der Waals surface area contributed by atoms with Gasteiger partial charge in [-0.25, -0.2) is 0 Å². The molecule has 0 aromatic heterocycles. The number of hydrogen-bond acceptors (Lipinski definition) is 4. The van der Waals surface area contributed by atoms with Gasteiger partial charge in [0.15, 0.2) is 5.78 Å². The number of ketones is 1. The van der Waals surface area contributed by atoms with E-state index in [9.17, 15) is 9.59 Å². The summed E-state index contributed by atoms with van der Waals surface area (Å²) in [6, 6.07) is 15.8. The average Bonchev–Trinajstić information content (AvgIpc) is 2.69. The molecule has 1 fully saturated rings. The molecule has 3 rings (SSSR count). The summed E-state index contributed by atoms with van der Waals surface area (Å²) in [7, 11) is 0. The fraction of sp³-hybridized carbons (Fsp3) is 0.364. The fourth-order valence-corrected chi connectivity index (χ4v) is 3.35. The van der Waals surface area contributed by atoms with Crippen molar-refractivity contribution in [2.75, 3.05) is 42.9 Å². The summed E-state index contributed by atoms with van der Waals surface area (Å²) in [6.45, 7) is 7.39. The molecule has 1 N–H and O–H groups in total. The van der Waals surface area contributed by atoms with Crippen molar-refractivity contribution in [3.63, 3.8) is 0 Å². The van der Waals surface area contributed by atoms with Crippen LogP contribution in [0.15, 0.2) is 48.5 Å². The maximum Gasteiger partial charge on any atom is 0.224 e. The molecule has 0 unspecified atom stereocenters. The molecule has 142 valence electrons. The molecule has 1 aliphatic heterocycles. The Morgan fingerprint density at radius 2 is 1.63 bits per heavy atom. The third-order valence-electron chi connectivity index (χ3n) is 5.07. The number of carbonyl (C=O) groups excluding carboxylic acids is 2. The van der Waals surface area contributed by atoms with Crippen LogP contribution in [0.5, 0.6) is 0 Å². The number of hydrogen-bond donors (Lipinski definition) is 1. The minimum atomic E-state index is 0.0799. The lowest BCUT2D eigenvalue weighted by molar-refractivity contribution is -0.131. The van der Waals surface area contributed by atoms with Crippen LogP contribution in [0.2, 0.25) is 0 Å². The minimum absolute atomic E-state index is 0.0799. The number of rotatable bonds is 6. The maximum absolute atomic E-state index is 12.5. The van der Waals surface area contributed by atoms with Gasteiger partial charge in [0.1, 0.15) is 0 Å². The Balaban J connectivity index is 1.45. The highest BCUT2D eigenvalue weighted by Crippen LogP contribution is 2.18. The van der Waals surface area contributed by atoms with Gasteiger partial charge < -0.3 is 15.1 Å². The number of carbonyl (C=O) groups is 2. The zero-order valence-corrected chi connectivity index (χ0v) is 16.1. The summed E-state index contributed by atoms with van der Waals surface area (Å²) in [5.74, 6) is 0.277. The molecule has 1 aliphatic rings. The van der Waals surface area contributed by atoms with Crippen LogP contribution in [-0.2, 0) is 4.79 Å². The second kappa shape index (κ2) is 8.71. The Morgan fingerprint density at radius 1 is 0.963 bits per heavy atom. The molecule has 1 amide bonds. The molecule has 27 heavy (non-hydrogen) atoms. The van der Waals surface area contributed by atoms with E-state index in [4.69, 9.17) is 0 Å². The van der Waals surface area contributed by atoms with E-state index in [1.807, 2.05) is 47.4 Å². The molecule has 2 aromatic rings. The van der Waals surface area contributed by atoms with Gasteiger partial charge in [0.05, 0.1) is 0 Å². The summed E-state index contributed by atoms with van der Waals surface area (Å²) in [5.41, 5.74) is 4.11. The first kappa shape index (κ1) is 19.0. The van der Waals surface area contributed by atoms with Crippen molar-refractivity contribution in [2.45, 2.75) is 20.3 Å². The molecular weight excluding hydrogens is 338 g/mol. The van der Waals surface area contributed by atoms with Crippen LogP contribution < -0.4 is 10.2 Å². The fourth-order valence-electron chi connectivity index (χ4n) is 3.35. The molecule has 0 bridgehead atoms. The van der Waals surface area contributed by atoms with E-state index in [2.05, 4.69) is 23.2 Å². The van der Waals surface area contributed by atoms with E-state index >= 15 is 0 Å². The lowest BCUT2D eigenvalue weighted by atomic mass is 10.1. The van der Waals surface area contributed by atoms with Crippen LogP contribution in [0.3, 0.4) is 0 Å². The highest BCUT2D eigenvalue weighted by molar-refractivity contribution is 5.94. The van der Waals surface area contributed by atoms with Gasteiger partial charge in [0, 0.05) is 56.1 Å². The van der Waals surface area contributed by atoms with Gasteiger partial charge in [0.2, 0.25) is 5.91 Å². The van der Waals surface area contributed by atoms with Crippen molar-refractivity contribution in [1.29, 1.82) is 0 Å². The van der Waals surface area contributed by atoms with E-state index in [1.54, 1.807) is 6.92 Å². The number of aryl methyl sites for hydroxylation is 1. The standard InChI is InChI=1S/C22H27N3O2/c1-17-5-3-4-6-21(17)23-12-11-22(27)25-15-13-24(14-16-25)20-9-7-19(8-10-20)18(2)26/h3-10,23H,11-16H2,1-2H3. The molecule has 2 aromatic carbocycles. The largest absolute Gasteiger partial charge is 0.384 e. The molecule has 0 aliphatic carbocycles. The van der Waals surface area contributed by atoms with Crippen LogP contribution >= 0.6 is 0 Å². The van der Waals surface area contributed by atoms with Gasteiger partial charge >= 0.3 is 0 Å². The smallest absolute Gasteiger partial charge is 0.224 e. The van der Waals surface area contributed by atoms with E-state index in [1.165, 1.54) is 5.56 Å². The maximum atomic E-state index is 12.5. The van der Waals surface area contributed by atoms with Crippen LogP contribution in [0.25, 0.3) is 0 Å². The van der Waals surface area contributed by atoms with E-state index in [0.29, 0.717) is 13.0 Å². The van der Waals surface area contributed by atoms with Crippen molar-refractivity contribution in [3.8, 4) is 0 Å². The first-order valence-corrected chi connectivity index (χ1v) is 9.48. The molecule has 0 saturated carbocycles. The number of anilines is 2. The molecule has 1 saturated heterocycles. The second-order valence-electron chi connectivity index (χ2n) is 6.96. The van der Waals surface area contributed by atoms with E-state index in [0.717, 1.165) is 43.1 Å². The van der Waals surface area contributed by atoms with Gasteiger partial charge in [-0.05, 0) is 49.7 Å². The van der Waals surface area contributed by atoms with Crippen molar-refractivity contribution in [1.82, 2.24) is 4.90 Å². The Kier molecular flexibility index (Phi) is 6.12. The Morgan fingerprint density at radius 3 is 2.26 bits per heavy atom. The van der Waals surface area contributed by atoms with Gasteiger partial charge in [0.25, 0.3) is 0 Å². The Labute approximate surface area is 161 Å². The molecule has 5 nitrogen and oxygen atoms in total. The molecule has 1 heterocycles. The summed E-state index contributed by atoms with van der Waals surface area (Å²) in [4.78, 5) is 28.1. The molecule has 0 radical (unpaired) electrons. The summed E-state index contributed by atoms with van der Waals surface area (Å²) in [6.07, 6.45) is 0.502. The number of amides is 1. The van der Waals surface area contributed by atoms with Gasteiger partial charge in [-0.15, -0.1) is 0 Å². The number of para-hydroxylation sites is 1. The normalized spacial score (nSPS) is 14.1. The lowest BCUT2D eigenvalue weighted by Crippen LogP contribution is -2.49. The number of Topliss-reactive ketones (excluding diaryl/α,β-unsaturated/α-hetero) is 1. The number of piperazine rings is 1. The van der Waals surface area contributed by atoms with Gasteiger partial charge in [-0.3, -0.25) is 9.59 Å². The number of nitrogens with one attached hydrogen (secondary N) is 1. The lowest BCUT2D eigenvalue weighted by Gasteiger charge is -2.36. The second-order valence-corrected chi connectivity index (χ2v) is 6.96. The van der Waals surface area contributed by atoms with E-state index in [-0.39, 0.29) is 11.7 Å². The molecule has 5 heteroatoms. The predicted molar refractivity (Wildman–Crippen MR) is 110 cm³/mol. The number of benzene rings is 2. The minimum Gasteiger partial charge on any atom is -0.384 e. The SMILES string of the molecule is CC(=O)c1ccc(N2CCN(C(=O)CCNc3ccccc3C)CC2)cc1. The zero-order chi connectivity index (χ0) is 19.2. The Hall–Kier alpha value is -2.82. The monoisotopic (exact) mass is 365 g/mol. The Bertz CT molecular complexity index is 793. The van der Waals surface area contributed by atoms with Crippen molar-refractivity contribution >= 4 is 23.1 Å².